The van der Waals surface area contributed by atoms with Crippen LogP contribution in [0.25, 0.3) is 11.8 Å². The Morgan fingerprint density at radius 2 is 1.81 bits per heavy atom. The first-order chi connectivity index (χ1) is 17.9. The summed E-state index contributed by atoms with van der Waals surface area (Å²) in [5.74, 6) is 0.643. The van der Waals surface area contributed by atoms with E-state index in [-0.39, 0.29) is 5.91 Å². The Labute approximate surface area is 233 Å². The summed E-state index contributed by atoms with van der Waals surface area (Å²) in [5.41, 5.74) is 5.93. The van der Waals surface area contributed by atoms with E-state index in [1.165, 1.54) is 11.8 Å². The molecule has 0 unspecified atom stereocenters. The van der Waals surface area contributed by atoms with Gasteiger partial charge in [-0.1, -0.05) is 45.7 Å². The van der Waals surface area contributed by atoms with Crippen molar-refractivity contribution in [2.45, 2.75) is 20.5 Å². The quantitative estimate of drug-likeness (QED) is 0.231. The molecule has 1 aliphatic rings. The van der Waals surface area contributed by atoms with Gasteiger partial charge in [0, 0.05) is 26.6 Å². The molecule has 0 spiro atoms. The van der Waals surface area contributed by atoms with Crippen molar-refractivity contribution in [3.05, 3.63) is 116 Å². The molecule has 8 heteroatoms. The number of carbonyl (C=O) groups is 1. The number of aliphatic imine (C=N–C) groups is 1. The zero-order valence-corrected chi connectivity index (χ0v) is 23.3. The van der Waals surface area contributed by atoms with Crippen LogP contribution in [0.5, 0.6) is 5.75 Å². The number of benzene rings is 3. The van der Waals surface area contributed by atoms with Gasteiger partial charge in [-0.2, -0.15) is 0 Å². The summed E-state index contributed by atoms with van der Waals surface area (Å²) in [7, 11) is 0. The van der Waals surface area contributed by atoms with Crippen LogP contribution in [0.15, 0.2) is 93.2 Å². The molecule has 186 valence electrons. The molecule has 4 aromatic rings. The number of amides is 1. The summed E-state index contributed by atoms with van der Waals surface area (Å²) >= 11 is 10.8. The average molecular weight is 593 g/mol. The first-order valence-corrected chi connectivity index (χ1v) is 13.6. The Bertz CT molecular complexity index is 1530. The Hall–Kier alpha value is -3.26. The molecule has 1 fully saturated rings. The van der Waals surface area contributed by atoms with Crippen molar-refractivity contribution in [3.8, 4) is 11.4 Å². The summed E-state index contributed by atoms with van der Waals surface area (Å²) in [4.78, 5) is 17.7. The van der Waals surface area contributed by atoms with Crippen molar-refractivity contribution >= 4 is 62.1 Å². The molecular formula is C29H23BrClN3O2S. The fraction of sp³-hybridized carbons (Fsp3) is 0.103. The van der Waals surface area contributed by atoms with Crippen molar-refractivity contribution in [2.24, 2.45) is 4.99 Å². The first-order valence-electron chi connectivity index (χ1n) is 11.6. The molecule has 3 aromatic carbocycles. The number of nitrogens with zero attached hydrogens (tertiary/aromatic N) is 2. The van der Waals surface area contributed by atoms with E-state index in [0.717, 1.165) is 38.4 Å². The fourth-order valence-electron chi connectivity index (χ4n) is 4.05. The van der Waals surface area contributed by atoms with Crippen LogP contribution in [0.4, 0.5) is 5.69 Å². The maximum atomic E-state index is 12.6. The molecule has 1 amide bonds. The topological polar surface area (TPSA) is 55.6 Å². The number of hydrogen-bond acceptors (Lipinski definition) is 4. The lowest BCUT2D eigenvalue weighted by Gasteiger charge is -2.11. The van der Waals surface area contributed by atoms with E-state index in [0.29, 0.717) is 27.4 Å². The normalized spacial score (nSPS) is 15.4. The van der Waals surface area contributed by atoms with Gasteiger partial charge in [0.15, 0.2) is 5.17 Å². The van der Waals surface area contributed by atoms with Gasteiger partial charge in [-0.05, 0) is 103 Å². The highest BCUT2D eigenvalue weighted by atomic mass is 79.9. The van der Waals surface area contributed by atoms with Gasteiger partial charge >= 0.3 is 0 Å². The third kappa shape index (κ3) is 6.01. The van der Waals surface area contributed by atoms with Crippen LogP contribution in [-0.2, 0) is 11.4 Å². The number of thioether (sulfide) groups is 1. The summed E-state index contributed by atoms with van der Waals surface area (Å²) in [6, 6.07) is 25.4. The predicted octanol–water partition coefficient (Wildman–Crippen LogP) is 7.98. The number of aromatic nitrogens is 1. The Balaban J connectivity index is 1.32. The number of hydrogen-bond donors (Lipinski definition) is 1. The lowest BCUT2D eigenvalue weighted by molar-refractivity contribution is -0.115. The minimum atomic E-state index is -0.164. The Morgan fingerprint density at radius 3 is 2.54 bits per heavy atom. The Morgan fingerprint density at radius 1 is 1.05 bits per heavy atom. The zero-order valence-electron chi connectivity index (χ0n) is 20.2. The van der Waals surface area contributed by atoms with Crippen LogP contribution in [0, 0.1) is 13.8 Å². The molecule has 1 aromatic heterocycles. The van der Waals surface area contributed by atoms with Gasteiger partial charge in [-0.25, -0.2) is 4.99 Å². The fourth-order valence-corrected chi connectivity index (χ4v) is 5.34. The molecule has 2 heterocycles. The number of aryl methyl sites for hydroxylation is 1. The molecule has 0 aliphatic carbocycles. The summed E-state index contributed by atoms with van der Waals surface area (Å²) in [5, 5.41) is 3.97. The van der Waals surface area contributed by atoms with E-state index in [1.54, 1.807) is 12.1 Å². The first kappa shape index (κ1) is 25.4. The lowest BCUT2D eigenvalue weighted by Crippen LogP contribution is -2.19. The molecule has 1 aliphatic heterocycles. The van der Waals surface area contributed by atoms with Gasteiger partial charge < -0.3 is 14.6 Å². The van der Waals surface area contributed by atoms with E-state index < -0.39 is 0 Å². The van der Waals surface area contributed by atoms with Gasteiger partial charge in [0.25, 0.3) is 5.91 Å². The maximum absolute atomic E-state index is 12.6. The molecule has 1 saturated heterocycles. The summed E-state index contributed by atoms with van der Waals surface area (Å²) < 4.78 is 9.17. The molecule has 1 N–H and O–H groups in total. The summed E-state index contributed by atoms with van der Waals surface area (Å²) in [6.07, 6.45) is 1.91. The number of rotatable bonds is 6. The van der Waals surface area contributed by atoms with Crippen molar-refractivity contribution in [1.29, 1.82) is 0 Å². The van der Waals surface area contributed by atoms with Crippen LogP contribution in [-0.4, -0.2) is 15.6 Å². The van der Waals surface area contributed by atoms with Crippen LogP contribution in [0.3, 0.4) is 0 Å². The van der Waals surface area contributed by atoms with Gasteiger partial charge in [-0.15, -0.1) is 0 Å². The molecule has 0 radical (unpaired) electrons. The second-order valence-corrected chi connectivity index (χ2v) is 10.9. The van der Waals surface area contributed by atoms with Gasteiger partial charge in [0.05, 0.1) is 10.6 Å². The molecule has 0 bridgehead atoms. The molecule has 37 heavy (non-hydrogen) atoms. The van der Waals surface area contributed by atoms with Gasteiger partial charge in [-0.3, -0.25) is 4.79 Å². The van der Waals surface area contributed by atoms with Crippen molar-refractivity contribution < 1.29 is 9.53 Å². The molecule has 5 rings (SSSR count). The average Bonchev–Trinajstić information content (AvgIpc) is 3.36. The highest BCUT2D eigenvalue weighted by Gasteiger charge is 2.24. The number of nitrogens with one attached hydrogen (secondary N) is 1. The molecule has 0 saturated carbocycles. The Kier molecular flexibility index (Phi) is 7.55. The highest BCUT2D eigenvalue weighted by molar-refractivity contribution is 9.10. The molecule has 5 nitrogen and oxygen atoms in total. The van der Waals surface area contributed by atoms with Crippen LogP contribution >= 0.6 is 39.3 Å². The maximum Gasteiger partial charge on any atom is 0.264 e. The second-order valence-electron chi connectivity index (χ2n) is 8.53. The third-order valence-electron chi connectivity index (χ3n) is 5.86. The number of ether oxygens (including phenoxy) is 1. The second kappa shape index (κ2) is 11.0. The molecular weight excluding hydrogens is 570 g/mol. The van der Waals surface area contributed by atoms with E-state index in [9.17, 15) is 4.79 Å². The number of halogens is 2. The number of carbonyl (C=O) groups excluding carboxylic acids is 1. The highest BCUT2D eigenvalue weighted by Crippen LogP contribution is 2.31. The SMILES string of the molecule is Cc1cc(/C=C2\SC(=Nc3cccc(Cl)c3)NC2=O)c(C)n1-c1ccc(OCc2ccc(Br)cc2)cc1. The predicted molar refractivity (Wildman–Crippen MR) is 156 cm³/mol. The lowest BCUT2D eigenvalue weighted by atomic mass is 10.2. The summed E-state index contributed by atoms with van der Waals surface area (Å²) in [6.45, 7) is 4.62. The van der Waals surface area contributed by atoms with E-state index in [4.69, 9.17) is 16.3 Å². The van der Waals surface area contributed by atoms with E-state index >= 15 is 0 Å². The monoisotopic (exact) mass is 591 g/mol. The van der Waals surface area contributed by atoms with E-state index in [2.05, 4.69) is 50.7 Å². The molecule has 0 atom stereocenters. The van der Waals surface area contributed by atoms with Crippen LogP contribution in [0.2, 0.25) is 5.02 Å². The van der Waals surface area contributed by atoms with Crippen LogP contribution < -0.4 is 10.1 Å². The smallest absolute Gasteiger partial charge is 0.264 e. The van der Waals surface area contributed by atoms with Crippen molar-refractivity contribution in [2.75, 3.05) is 0 Å². The minimum Gasteiger partial charge on any atom is -0.489 e. The third-order valence-corrected chi connectivity index (χ3v) is 7.53. The van der Waals surface area contributed by atoms with Gasteiger partial charge in [0.1, 0.15) is 12.4 Å². The minimum absolute atomic E-state index is 0.164. The largest absolute Gasteiger partial charge is 0.489 e. The van der Waals surface area contributed by atoms with E-state index in [1.807, 2.05) is 66.7 Å². The zero-order chi connectivity index (χ0) is 25.9. The van der Waals surface area contributed by atoms with Gasteiger partial charge in [0.2, 0.25) is 0 Å². The standard InChI is InChI=1S/C29H23BrClN3O2S/c1-18-14-21(15-27-28(35)33-29(37-27)32-24-5-3-4-23(31)16-24)19(2)34(18)25-10-12-26(13-11-25)36-17-20-6-8-22(30)9-7-20/h3-16H,17H2,1-2H3,(H,32,33,35)/b27-15-. The van der Waals surface area contributed by atoms with Crippen LogP contribution in [0.1, 0.15) is 22.5 Å². The van der Waals surface area contributed by atoms with Crippen molar-refractivity contribution in [3.63, 3.8) is 0 Å². The van der Waals surface area contributed by atoms with Crippen molar-refractivity contribution in [1.82, 2.24) is 9.88 Å². The number of amidine groups is 1.